The maximum absolute atomic E-state index is 13.1. The highest BCUT2D eigenvalue weighted by molar-refractivity contribution is 6.04. The van der Waals surface area contributed by atoms with E-state index in [0.717, 1.165) is 18.8 Å². The number of nitrogens with zero attached hydrogens (tertiary/aromatic N) is 3. The monoisotopic (exact) mass is 494 g/mol. The summed E-state index contributed by atoms with van der Waals surface area (Å²) < 4.78 is 78.3. The molecule has 0 saturated carbocycles. The number of pyridine rings is 1. The maximum Gasteiger partial charge on any atom is 0.416 e. The zero-order chi connectivity index (χ0) is 25.2. The van der Waals surface area contributed by atoms with Crippen molar-refractivity contribution in [2.45, 2.75) is 12.4 Å². The van der Waals surface area contributed by atoms with E-state index in [1.165, 1.54) is 12.3 Å². The number of hydrogen-bond acceptors (Lipinski definition) is 4. The van der Waals surface area contributed by atoms with Crippen LogP contribution in [0.4, 0.5) is 43.5 Å². The van der Waals surface area contributed by atoms with Crippen LogP contribution in [0.15, 0.2) is 66.9 Å². The molecule has 1 aliphatic heterocycles. The van der Waals surface area contributed by atoms with Gasteiger partial charge in [-0.2, -0.15) is 26.3 Å². The number of piperazine rings is 1. The van der Waals surface area contributed by atoms with Gasteiger partial charge in [0.25, 0.3) is 5.91 Å². The molecule has 2 aromatic carbocycles. The summed E-state index contributed by atoms with van der Waals surface area (Å²) >= 11 is 0. The average Bonchev–Trinajstić information content (AvgIpc) is 2.84. The highest BCUT2D eigenvalue weighted by Crippen LogP contribution is 2.36. The number of alkyl halides is 6. The fraction of sp³-hybridized carbons (Fsp3) is 0.250. The second kappa shape index (κ2) is 9.47. The molecule has 35 heavy (non-hydrogen) atoms. The molecule has 0 aliphatic carbocycles. The van der Waals surface area contributed by atoms with Gasteiger partial charge < -0.3 is 15.1 Å². The fourth-order valence-electron chi connectivity index (χ4n) is 3.77. The summed E-state index contributed by atoms with van der Waals surface area (Å²) in [6, 6.07) is 13.9. The summed E-state index contributed by atoms with van der Waals surface area (Å²) in [5.41, 5.74) is -2.59. The van der Waals surface area contributed by atoms with Crippen LogP contribution in [0.2, 0.25) is 0 Å². The Morgan fingerprint density at radius 1 is 0.771 bits per heavy atom. The number of aromatic nitrogens is 1. The standard InChI is InChI=1S/C24H20F6N4O/c25-23(26,27)17-12-16(13-18(14-17)24(28,29)30)22(35)32-19-6-7-21(31-15-19)34-10-8-33(9-11-34)20-4-2-1-3-5-20/h1-7,12-15H,8-11H2,(H,32,35). The SMILES string of the molecule is O=C(Nc1ccc(N2CCN(c3ccccc3)CC2)nc1)c1cc(C(F)(F)F)cc(C(F)(F)F)c1. The average molecular weight is 494 g/mol. The van der Waals surface area contributed by atoms with Gasteiger partial charge in [-0.25, -0.2) is 4.98 Å². The van der Waals surface area contributed by atoms with E-state index in [4.69, 9.17) is 0 Å². The Hall–Kier alpha value is -3.76. The minimum absolute atomic E-state index is 0.0231. The van der Waals surface area contributed by atoms with Gasteiger partial charge in [0.15, 0.2) is 0 Å². The number of para-hydroxylation sites is 1. The van der Waals surface area contributed by atoms with Crippen LogP contribution < -0.4 is 15.1 Å². The molecule has 1 fully saturated rings. The molecule has 0 unspecified atom stereocenters. The zero-order valence-corrected chi connectivity index (χ0v) is 18.2. The lowest BCUT2D eigenvalue weighted by molar-refractivity contribution is -0.143. The third-order valence-electron chi connectivity index (χ3n) is 5.58. The van der Waals surface area contributed by atoms with Crippen LogP contribution in [0, 0.1) is 0 Å². The number of hydrogen-bond donors (Lipinski definition) is 1. The normalized spacial score (nSPS) is 14.7. The van der Waals surface area contributed by atoms with Gasteiger partial charge in [0, 0.05) is 37.4 Å². The van der Waals surface area contributed by atoms with Gasteiger partial charge in [0.05, 0.1) is 23.0 Å². The van der Waals surface area contributed by atoms with E-state index < -0.39 is 35.0 Å². The second-order valence-corrected chi connectivity index (χ2v) is 7.96. The molecule has 0 spiro atoms. The number of nitrogens with one attached hydrogen (secondary N) is 1. The van der Waals surface area contributed by atoms with Crippen LogP contribution >= 0.6 is 0 Å². The number of halogens is 6. The lowest BCUT2D eigenvalue weighted by Gasteiger charge is -2.36. The van der Waals surface area contributed by atoms with Gasteiger partial charge in [-0.15, -0.1) is 0 Å². The number of benzene rings is 2. The Morgan fingerprint density at radius 2 is 1.34 bits per heavy atom. The van der Waals surface area contributed by atoms with E-state index in [0.29, 0.717) is 31.0 Å². The van der Waals surface area contributed by atoms with Gasteiger partial charge in [0.2, 0.25) is 0 Å². The number of amides is 1. The quantitative estimate of drug-likeness (QED) is 0.473. The molecule has 1 amide bonds. The third-order valence-corrected chi connectivity index (χ3v) is 5.58. The van der Waals surface area contributed by atoms with E-state index in [-0.39, 0.29) is 11.8 Å². The van der Waals surface area contributed by atoms with Crippen molar-refractivity contribution in [1.29, 1.82) is 0 Å². The molecule has 5 nitrogen and oxygen atoms in total. The molecule has 0 radical (unpaired) electrons. The third kappa shape index (κ3) is 5.84. The summed E-state index contributed by atoms with van der Waals surface area (Å²) in [6.45, 7) is 2.97. The molecule has 0 bridgehead atoms. The van der Waals surface area contributed by atoms with Crippen LogP contribution in [-0.4, -0.2) is 37.1 Å². The van der Waals surface area contributed by atoms with Crippen molar-refractivity contribution in [3.05, 3.63) is 83.6 Å². The lowest BCUT2D eigenvalue weighted by atomic mass is 10.0. The maximum atomic E-state index is 13.1. The fourth-order valence-corrected chi connectivity index (χ4v) is 3.77. The minimum Gasteiger partial charge on any atom is -0.368 e. The van der Waals surface area contributed by atoms with Gasteiger partial charge in [-0.3, -0.25) is 4.79 Å². The minimum atomic E-state index is -5.04. The first-order valence-corrected chi connectivity index (χ1v) is 10.6. The number of rotatable bonds is 4. The molecular weight excluding hydrogens is 474 g/mol. The molecular formula is C24H20F6N4O. The molecule has 2 heterocycles. The number of carbonyl (C=O) groups is 1. The Balaban J connectivity index is 1.43. The summed E-state index contributed by atoms with van der Waals surface area (Å²) in [7, 11) is 0. The molecule has 0 atom stereocenters. The van der Waals surface area contributed by atoms with Crippen molar-refractivity contribution in [2.24, 2.45) is 0 Å². The van der Waals surface area contributed by atoms with Crippen molar-refractivity contribution in [3.63, 3.8) is 0 Å². The van der Waals surface area contributed by atoms with Gasteiger partial charge >= 0.3 is 12.4 Å². The van der Waals surface area contributed by atoms with E-state index >= 15 is 0 Å². The van der Waals surface area contributed by atoms with E-state index in [1.54, 1.807) is 6.07 Å². The molecule has 1 aromatic heterocycles. The van der Waals surface area contributed by atoms with Crippen LogP contribution in [-0.2, 0) is 12.4 Å². The predicted molar refractivity (Wildman–Crippen MR) is 120 cm³/mol. The van der Waals surface area contributed by atoms with Crippen molar-refractivity contribution < 1.29 is 31.1 Å². The first-order chi connectivity index (χ1) is 16.5. The highest BCUT2D eigenvalue weighted by Gasteiger charge is 2.37. The largest absolute Gasteiger partial charge is 0.416 e. The Labute approximate surface area is 197 Å². The van der Waals surface area contributed by atoms with Crippen LogP contribution in [0.25, 0.3) is 0 Å². The van der Waals surface area contributed by atoms with Gasteiger partial charge in [0.1, 0.15) is 5.82 Å². The van der Waals surface area contributed by atoms with Crippen LogP contribution in [0.1, 0.15) is 21.5 Å². The molecule has 184 valence electrons. The zero-order valence-electron chi connectivity index (χ0n) is 18.2. The molecule has 3 aromatic rings. The van der Waals surface area contributed by atoms with Crippen molar-refractivity contribution in [1.82, 2.24) is 4.98 Å². The first kappa shape index (κ1) is 24.4. The Bertz CT molecular complexity index is 1140. The van der Waals surface area contributed by atoms with E-state index in [1.807, 2.05) is 35.2 Å². The molecule has 11 heteroatoms. The summed E-state index contributed by atoms with van der Waals surface area (Å²) in [5.74, 6) is -0.457. The lowest BCUT2D eigenvalue weighted by Crippen LogP contribution is -2.46. The molecule has 1 N–H and O–H groups in total. The molecule has 4 rings (SSSR count). The van der Waals surface area contributed by atoms with Gasteiger partial charge in [-0.05, 0) is 42.5 Å². The smallest absolute Gasteiger partial charge is 0.368 e. The molecule has 1 aliphatic rings. The number of anilines is 3. The van der Waals surface area contributed by atoms with E-state index in [2.05, 4.69) is 15.2 Å². The predicted octanol–water partition coefficient (Wildman–Crippen LogP) is 5.70. The first-order valence-electron chi connectivity index (χ1n) is 10.6. The summed E-state index contributed by atoms with van der Waals surface area (Å²) in [4.78, 5) is 21.0. The number of carbonyl (C=O) groups excluding carboxylic acids is 1. The second-order valence-electron chi connectivity index (χ2n) is 7.96. The Morgan fingerprint density at radius 3 is 1.86 bits per heavy atom. The van der Waals surface area contributed by atoms with Crippen LogP contribution in [0.5, 0.6) is 0 Å². The van der Waals surface area contributed by atoms with Crippen LogP contribution in [0.3, 0.4) is 0 Å². The summed E-state index contributed by atoms with van der Waals surface area (Å²) in [6.07, 6.45) is -8.76. The Kier molecular flexibility index (Phi) is 6.60. The highest BCUT2D eigenvalue weighted by atomic mass is 19.4. The van der Waals surface area contributed by atoms with Crippen molar-refractivity contribution in [3.8, 4) is 0 Å². The van der Waals surface area contributed by atoms with Crippen molar-refractivity contribution in [2.75, 3.05) is 41.3 Å². The summed E-state index contributed by atoms with van der Waals surface area (Å²) in [5, 5.41) is 2.31. The van der Waals surface area contributed by atoms with Crippen molar-refractivity contribution >= 4 is 23.1 Å². The van der Waals surface area contributed by atoms with E-state index in [9.17, 15) is 31.1 Å². The van der Waals surface area contributed by atoms with Gasteiger partial charge in [-0.1, -0.05) is 18.2 Å². The topological polar surface area (TPSA) is 48.5 Å². The molecule has 1 saturated heterocycles.